The van der Waals surface area contributed by atoms with Crippen molar-refractivity contribution in [3.8, 4) is 0 Å². The zero-order chi connectivity index (χ0) is 44.0. The minimum Gasteiger partial charge on any atom is -0.449 e. The molecule has 328 valence electrons. The summed E-state index contributed by atoms with van der Waals surface area (Å²) in [6.45, 7) is 21.4. The molecule has 1 aliphatic rings. The van der Waals surface area contributed by atoms with Crippen LogP contribution in [-0.2, 0) is 38.2 Å². The molecule has 1 saturated heterocycles. The van der Waals surface area contributed by atoms with Gasteiger partial charge in [0.05, 0.1) is 36.9 Å². The SMILES string of the molecule is CCCCC(NC(=O)[C@@H]1C[C@@H](OC(C)(C)C)CN1C(=O)[C@@H](NC(=O)OCC(C)C)C(C)(C)C)C(=O)C(=O)NCC(=O)NC[C@@H](NC(=O)OC(C)(C)C)c1ccccc1.[He]. The van der Waals surface area contributed by atoms with E-state index < -0.39 is 95.0 Å². The van der Waals surface area contributed by atoms with Crippen molar-refractivity contribution in [1.29, 1.82) is 0 Å². The Morgan fingerprint density at radius 3 is 2.00 bits per heavy atom. The van der Waals surface area contributed by atoms with Crippen LogP contribution < -0.4 is 26.6 Å². The Bertz CT molecular complexity index is 1570. The van der Waals surface area contributed by atoms with Crippen molar-refractivity contribution in [2.45, 2.75) is 150 Å². The van der Waals surface area contributed by atoms with E-state index in [0.717, 1.165) is 0 Å². The Morgan fingerprint density at radius 2 is 1.46 bits per heavy atom. The van der Waals surface area contributed by atoms with Gasteiger partial charge >= 0.3 is 12.2 Å². The number of carbonyl (C=O) groups is 7. The van der Waals surface area contributed by atoms with Crippen LogP contribution in [0.1, 0.15) is 120 Å². The molecule has 1 heterocycles. The summed E-state index contributed by atoms with van der Waals surface area (Å²) in [5, 5.41) is 13.2. The van der Waals surface area contributed by atoms with E-state index in [1.165, 1.54) is 4.90 Å². The maximum atomic E-state index is 14.2. The van der Waals surface area contributed by atoms with Gasteiger partial charge in [-0.2, -0.15) is 0 Å². The van der Waals surface area contributed by atoms with Gasteiger partial charge in [0.2, 0.25) is 23.5 Å². The number of hydrogen-bond donors (Lipinski definition) is 5. The minimum atomic E-state index is -1.25. The average molecular weight is 821 g/mol. The Kier molecular flexibility index (Phi) is 20.4. The van der Waals surface area contributed by atoms with Crippen molar-refractivity contribution >= 4 is 41.6 Å². The number of Topliss-reactive ketones (excluding diaryl/α,β-unsaturated/α-hetero) is 1. The summed E-state index contributed by atoms with van der Waals surface area (Å²) >= 11 is 0. The first kappa shape index (κ1) is 52.2. The molecule has 0 radical (unpaired) electrons. The van der Waals surface area contributed by atoms with E-state index in [0.29, 0.717) is 18.4 Å². The van der Waals surface area contributed by atoms with Crippen molar-refractivity contribution < 1.29 is 53.9 Å². The largest absolute Gasteiger partial charge is 0.449 e. The van der Waals surface area contributed by atoms with Crippen LogP contribution in [0.4, 0.5) is 9.59 Å². The number of hydrogen-bond acceptors (Lipinski definition) is 10. The zero-order valence-electron chi connectivity index (χ0n) is 37.2. The third kappa shape index (κ3) is 18.8. The van der Waals surface area contributed by atoms with Gasteiger partial charge in [0.1, 0.15) is 17.7 Å². The minimum absolute atomic E-state index is 0. The number of ether oxygens (including phenoxy) is 3. The van der Waals surface area contributed by atoms with Crippen LogP contribution in [0.2, 0.25) is 0 Å². The molecule has 5 atom stereocenters. The van der Waals surface area contributed by atoms with E-state index in [2.05, 4.69) is 26.6 Å². The molecule has 0 bridgehead atoms. The molecule has 0 aromatic heterocycles. The van der Waals surface area contributed by atoms with Gasteiger partial charge in [-0.3, -0.25) is 24.0 Å². The number of unbranched alkanes of at least 4 members (excludes halogenated alkanes) is 1. The van der Waals surface area contributed by atoms with E-state index in [1.54, 1.807) is 65.8 Å². The summed E-state index contributed by atoms with van der Waals surface area (Å²) in [7, 11) is 0. The molecule has 2 rings (SSSR count). The number of alkyl carbamates (subject to hydrolysis) is 2. The molecule has 5 N–H and O–H groups in total. The predicted octanol–water partition coefficient (Wildman–Crippen LogP) is 4.31. The third-order valence-electron chi connectivity index (χ3n) is 8.80. The van der Waals surface area contributed by atoms with Crippen LogP contribution in [-0.4, -0.2) is 108 Å². The number of benzene rings is 1. The van der Waals surface area contributed by atoms with Gasteiger partial charge in [0.25, 0.3) is 5.91 Å². The number of nitrogens with zero attached hydrogens (tertiary/aromatic N) is 1. The van der Waals surface area contributed by atoms with Crippen molar-refractivity contribution in [2.24, 2.45) is 11.3 Å². The fourth-order valence-electron chi connectivity index (χ4n) is 6.11. The molecule has 1 aromatic carbocycles. The first-order valence-electron chi connectivity index (χ1n) is 20.2. The first-order chi connectivity index (χ1) is 26.8. The van der Waals surface area contributed by atoms with Gasteiger partial charge in [-0.1, -0.05) is 84.7 Å². The number of likely N-dealkylation sites (tertiary alicyclic amines) is 1. The van der Waals surface area contributed by atoms with Gasteiger partial charge in [0, 0.05) is 25.7 Å². The number of amides is 6. The monoisotopic (exact) mass is 821 g/mol. The molecule has 59 heavy (non-hydrogen) atoms. The summed E-state index contributed by atoms with van der Waals surface area (Å²) in [4.78, 5) is 94.5. The quantitative estimate of drug-likeness (QED) is 0.133. The second kappa shape index (κ2) is 23.1. The fourth-order valence-corrected chi connectivity index (χ4v) is 6.11. The summed E-state index contributed by atoms with van der Waals surface area (Å²) < 4.78 is 16.9. The van der Waals surface area contributed by atoms with Gasteiger partial charge in [0.15, 0.2) is 0 Å². The second-order valence-corrected chi connectivity index (χ2v) is 18.2. The Labute approximate surface area is 350 Å². The summed E-state index contributed by atoms with van der Waals surface area (Å²) in [6, 6.07) is 4.88. The van der Waals surface area contributed by atoms with Gasteiger partial charge in [-0.05, 0) is 64.9 Å². The summed E-state index contributed by atoms with van der Waals surface area (Å²) in [5.74, 6) is -3.76. The van der Waals surface area contributed by atoms with Crippen LogP contribution in [0.15, 0.2) is 30.3 Å². The summed E-state index contributed by atoms with van der Waals surface area (Å²) in [5.41, 5.74) is -1.42. The maximum Gasteiger partial charge on any atom is 0.408 e. The van der Waals surface area contributed by atoms with Crippen LogP contribution in [0.3, 0.4) is 0 Å². The second-order valence-electron chi connectivity index (χ2n) is 18.2. The third-order valence-corrected chi connectivity index (χ3v) is 8.80. The van der Waals surface area contributed by atoms with Crippen molar-refractivity contribution in [3.63, 3.8) is 0 Å². The normalized spacial score (nSPS) is 17.1. The van der Waals surface area contributed by atoms with Gasteiger partial charge in [-0.25, -0.2) is 9.59 Å². The van der Waals surface area contributed by atoms with Crippen LogP contribution >= 0.6 is 0 Å². The molecule has 17 heteroatoms. The van der Waals surface area contributed by atoms with Gasteiger partial charge < -0.3 is 45.7 Å². The smallest absolute Gasteiger partial charge is 0.408 e. The maximum absolute atomic E-state index is 14.2. The molecule has 1 fully saturated rings. The first-order valence-corrected chi connectivity index (χ1v) is 20.2. The molecule has 0 saturated carbocycles. The zero-order valence-corrected chi connectivity index (χ0v) is 37.2. The Morgan fingerprint density at radius 1 is 0.831 bits per heavy atom. The van der Waals surface area contributed by atoms with E-state index in [-0.39, 0.29) is 44.6 Å². The molecule has 16 nitrogen and oxygen atoms in total. The standard InChI is InChI=1S/C42H68N6O10.He/c1-13-14-20-29(33(50)36(52)44-23-32(49)43-22-30(27-18-16-15-17-19-27)46-39(55)58-42(10,11)12)45-35(51)31-21-28(57-41(7,8)9)24-48(31)37(53)34(40(4,5)6)47-38(54)56-25-26(2)3;/h15-19,26,28-31,34H,13-14,20-25H2,1-12H3,(H,43,49)(H,44,52)(H,45,51)(H,46,55)(H,47,54);/t28-,29?,30-,31+,34-;/m1./s1. The molecule has 1 aliphatic heterocycles. The topological polar surface area (TPSA) is 211 Å². The molecule has 6 amide bonds. The van der Waals surface area contributed by atoms with Gasteiger partial charge in [-0.15, -0.1) is 0 Å². The van der Waals surface area contributed by atoms with E-state index in [1.807, 2.05) is 47.6 Å². The van der Waals surface area contributed by atoms with E-state index >= 15 is 0 Å². The average Bonchev–Trinajstić information content (AvgIpc) is 3.53. The summed E-state index contributed by atoms with van der Waals surface area (Å²) in [6.07, 6.45) is -0.588. The van der Waals surface area contributed by atoms with Crippen LogP contribution in [0.5, 0.6) is 0 Å². The molecule has 1 unspecified atom stereocenters. The molecular weight excluding hydrogens is 752 g/mol. The molecule has 1 aromatic rings. The molecular formula is C42H68HeN6O10. The Hall–Kier alpha value is -4.82. The molecule has 0 spiro atoms. The molecule has 0 aliphatic carbocycles. The Balaban J connectivity index is 0.0000174. The number of ketones is 1. The van der Waals surface area contributed by atoms with Crippen molar-refractivity contribution in [3.05, 3.63) is 35.9 Å². The van der Waals surface area contributed by atoms with Crippen LogP contribution in [0.25, 0.3) is 0 Å². The predicted molar refractivity (Wildman–Crippen MR) is 218 cm³/mol. The number of carbonyl (C=O) groups excluding carboxylic acids is 7. The van der Waals surface area contributed by atoms with E-state index in [9.17, 15) is 33.6 Å². The van der Waals surface area contributed by atoms with E-state index in [4.69, 9.17) is 14.2 Å². The number of nitrogens with one attached hydrogen (secondary N) is 5. The van der Waals surface area contributed by atoms with Crippen LogP contribution in [0, 0.1) is 17.5 Å². The fraction of sp³-hybridized carbons (Fsp3) is 0.690. The van der Waals surface area contributed by atoms with Crippen molar-refractivity contribution in [1.82, 2.24) is 31.5 Å². The van der Waals surface area contributed by atoms with Crippen molar-refractivity contribution in [2.75, 3.05) is 26.2 Å². The number of rotatable bonds is 18.